The van der Waals surface area contributed by atoms with Gasteiger partial charge in [-0.05, 0) is 37.1 Å². The molecule has 0 heterocycles. The molecule has 0 aliphatic carbocycles. The first-order valence-electron chi connectivity index (χ1n) is 6.71. The van der Waals surface area contributed by atoms with Gasteiger partial charge >= 0.3 is 0 Å². The largest absolute Gasteiger partial charge is 0.494 e. The number of terminal acetylenes is 1. The highest BCUT2D eigenvalue weighted by Gasteiger charge is 2.09. The second-order valence-corrected chi connectivity index (χ2v) is 4.34. The van der Waals surface area contributed by atoms with Crippen LogP contribution in [0.4, 0.5) is 0 Å². The predicted molar refractivity (Wildman–Crippen MR) is 76.7 cm³/mol. The van der Waals surface area contributed by atoms with E-state index in [-0.39, 0.29) is 6.04 Å². The van der Waals surface area contributed by atoms with Crippen LogP contribution in [0.2, 0.25) is 0 Å². The van der Waals surface area contributed by atoms with Crippen molar-refractivity contribution < 1.29 is 4.74 Å². The summed E-state index contributed by atoms with van der Waals surface area (Å²) in [5.41, 5.74) is 1.20. The molecule has 0 saturated heterocycles. The SMILES string of the molecule is C#CCC(NCCC)c1cccc(OCCC)c1. The molecule has 1 N–H and O–H groups in total. The van der Waals surface area contributed by atoms with Gasteiger partial charge in [0.2, 0.25) is 0 Å². The van der Waals surface area contributed by atoms with E-state index in [1.54, 1.807) is 0 Å². The molecule has 0 bridgehead atoms. The van der Waals surface area contributed by atoms with E-state index in [0.717, 1.165) is 31.7 Å². The topological polar surface area (TPSA) is 21.3 Å². The average Bonchev–Trinajstić information content (AvgIpc) is 2.41. The van der Waals surface area contributed by atoms with Gasteiger partial charge in [-0.25, -0.2) is 0 Å². The van der Waals surface area contributed by atoms with Crippen molar-refractivity contribution in [3.8, 4) is 18.1 Å². The highest BCUT2D eigenvalue weighted by Crippen LogP contribution is 2.21. The van der Waals surface area contributed by atoms with Gasteiger partial charge in [0.1, 0.15) is 5.75 Å². The van der Waals surface area contributed by atoms with Crippen LogP contribution < -0.4 is 10.1 Å². The normalized spacial score (nSPS) is 11.8. The minimum atomic E-state index is 0.222. The second kappa shape index (κ2) is 8.60. The Kier molecular flexibility index (Phi) is 6.98. The van der Waals surface area contributed by atoms with Crippen LogP contribution in [0, 0.1) is 12.3 Å². The molecule has 2 heteroatoms. The summed E-state index contributed by atoms with van der Waals surface area (Å²) in [4.78, 5) is 0. The van der Waals surface area contributed by atoms with Gasteiger partial charge < -0.3 is 10.1 Å². The lowest BCUT2D eigenvalue weighted by molar-refractivity contribution is 0.316. The van der Waals surface area contributed by atoms with Gasteiger partial charge in [0.15, 0.2) is 0 Å². The van der Waals surface area contributed by atoms with Crippen molar-refractivity contribution in [3.63, 3.8) is 0 Å². The van der Waals surface area contributed by atoms with Crippen molar-refractivity contribution >= 4 is 0 Å². The molecular weight excluding hydrogens is 222 g/mol. The smallest absolute Gasteiger partial charge is 0.119 e. The molecule has 0 spiro atoms. The number of rotatable bonds is 8. The van der Waals surface area contributed by atoms with E-state index in [9.17, 15) is 0 Å². The van der Waals surface area contributed by atoms with Crippen LogP contribution in [-0.4, -0.2) is 13.2 Å². The van der Waals surface area contributed by atoms with Gasteiger partial charge in [-0.2, -0.15) is 0 Å². The lowest BCUT2D eigenvalue weighted by Crippen LogP contribution is -2.21. The second-order valence-electron chi connectivity index (χ2n) is 4.34. The van der Waals surface area contributed by atoms with Gasteiger partial charge in [-0.1, -0.05) is 26.0 Å². The Labute approximate surface area is 111 Å². The molecule has 1 rings (SSSR count). The predicted octanol–water partition coefficient (Wildman–Crippen LogP) is 3.54. The van der Waals surface area contributed by atoms with Crippen molar-refractivity contribution in [2.24, 2.45) is 0 Å². The van der Waals surface area contributed by atoms with Crippen LogP contribution in [0.3, 0.4) is 0 Å². The lowest BCUT2D eigenvalue weighted by atomic mass is 10.0. The third-order valence-electron chi connectivity index (χ3n) is 2.70. The molecule has 0 radical (unpaired) electrons. The molecule has 1 unspecified atom stereocenters. The first-order valence-corrected chi connectivity index (χ1v) is 6.71. The summed E-state index contributed by atoms with van der Waals surface area (Å²) in [6.07, 6.45) is 8.27. The first kappa shape index (κ1) is 14.6. The molecule has 1 aromatic carbocycles. The average molecular weight is 245 g/mol. The Morgan fingerprint density at radius 1 is 1.33 bits per heavy atom. The molecule has 2 nitrogen and oxygen atoms in total. The number of hydrogen-bond acceptors (Lipinski definition) is 2. The molecule has 1 aromatic rings. The summed E-state index contributed by atoms with van der Waals surface area (Å²) in [6.45, 7) is 5.99. The quantitative estimate of drug-likeness (QED) is 0.707. The third kappa shape index (κ3) is 4.81. The monoisotopic (exact) mass is 245 g/mol. The Balaban J connectivity index is 2.74. The third-order valence-corrected chi connectivity index (χ3v) is 2.70. The molecule has 0 fully saturated rings. The standard InChI is InChI=1S/C16H23NO/c1-4-8-16(17-11-5-2)14-9-7-10-15(13-14)18-12-6-3/h1,7,9-10,13,16-17H,5-6,8,11-12H2,2-3H3. The van der Waals surface area contributed by atoms with Crippen LogP contribution >= 0.6 is 0 Å². The minimum absolute atomic E-state index is 0.222. The Hall–Kier alpha value is -1.46. The zero-order chi connectivity index (χ0) is 13.2. The highest BCUT2D eigenvalue weighted by molar-refractivity contribution is 5.31. The zero-order valence-electron chi connectivity index (χ0n) is 11.4. The summed E-state index contributed by atoms with van der Waals surface area (Å²) in [5.74, 6) is 3.66. The van der Waals surface area contributed by atoms with Crippen molar-refractivity contribution in [1.82, 2.24) is 5.32 Å². The molecule has 0 saturated carbocycles. The van der Waals surface area contributed by atoms with Crippen LogP contribution in [0.15, 0.2) is 24.3 Å². The van der Waals surface area contributed by atoms with Gasteiger partial charge in [-0.15, -0.1) is 12.3 Å². The van der Waals surface area contributed by atoms with Crippen molar-refractivity contribution in [2.45, 2.75) is 39.2 Å². The summed E-state index contributed by atoms with van der Waals surface area (Å²) >= 11 is 0. The molecule has 0 aliphatic heterocycles. The van der Waals surface area contributed by atoms with Crippen molar-refractivity contribution in [1.29, 1.82) is 0 Å². The van der Waals surface area contributed by atoms with Crippen molar-refractivity contribution in [2.75, 3.05) is 13.2 Å². The number of nitrogens with one attached hydrogen (secondary N) is 1. The van der Waals surface area contributed by atoms with E-state index >= 15 is 0 Å². The molecular formula is C16H23NO. The molecule has 0 amide bonds. The van der Waals surface area contributed by atoms with Crippen molar-refractivity contribution in [3.05, 3.63) is 29.8 Å². The zero-order valence-corrected chi connectivity index (χ0v) is 11.4. The van der Waals surface area contributed by atoms with Crippen LogP contribution in [0.25, 0.3) is 0 Å². The van der Waals surface area contributed by atoms with E-state index in [2.05, 4.69) is 37.2 Å². The number of hydrogen-bond donors (Lipinski definition) is 1. The van der Waals surface area contributed by atoms with E-state index in [0.29, 0.717) is 6.42 Å². The maximum atomic E-state index is 5.65. The van der Waals surface area contributed by atoms with Gasteiger partial charge in [0.25, 0.3) is 0 Å². The van der Waals surface area contributed by atoms with Gasteiger partial charge in [0.05, 0.1) is 6.61 Å². The molecule has 98 valence electrons. The Bertz CT molecular complexity index is 381. The van der Waals surface area contributed by atoms with Gasteiger partial charge in [-0.3, -0.25) is 0 Å². The summed E-state index contributed by atoms with van der Waals surface area (Å²) in [6, 6.07) is 8.42. The summed E-state index contributed by atoms with van der Waals surface area (Å²) in [7, 11) is 0. The van der Waals surface area contributed by atoms with E-state index in [1.165, 1.54) is 5.56 Å². The van der Waals surface area contributed by atoms with E-state index in [1.807, 2.05) is 12.1 Å². The molecule has 0 aromatic heterocycles. The molecule has 1 atom stereocenters. The fourth-order valence-corrected chi connectivity index (χ4v) is 1.79. The van der Waals surface area contributed by atoms with E-state index in [4.69, 9.17) is 11.2 Å². The highest BCUT2D eigenvalue weighted by atomic mass is 16.5. The molecule has 18 heavy (non-hydrogen) atoms. The first-order chi connectivity index (χ1) is 8.81. The number of ether oxygens (including phenoxy) is 1. The van der Waals surface area contributed by atoms with Crippen LogP contribution in [0.1, 0.15) is 44.7 Å². The molecule has 0 aliphatic rings. The summed E-state index contributed by atoms with van der Waals surface area (Å²) in [5, 5.41) is 3.47. The lowest BCUT2D eigenvalue weighted by Gasteiger charge is -2.17. The fraction of sp³-hybridized carbons (Fsp3) is 0.500. The van der Waals surface area contributed by atoms with E-state index < -0.39 is 0 Å². The Morgan fingerprint density at radius 2 is 2.17 bits per heavy atom. The minimum Gasteiger partial charge on any atom is -0.494 e. The van der Waals surface area contributed by atoms with Crippen LogP contribution in [-0.2, 0) is 0 Å². The maximum Gasteiger partial charge on any atom is 0.119 e. The Morgan fingerprint density at radius 3 is 2.83 bits per heavy atom. The maximum absolute atomic E-state index is 5.65. The number of benzene rings is 1. The van der Waals surface area contributed by atoms with Gasteiger partial charge in [0, 0.05) is 12.5 Å². The fourth-order valence-electron chi connectivity index (χ4n) is 1.79. The summed E-state index contributed by atoms with van der Waals surface area (Å²) < 4.78 is 5.65. The van der Waals surface area contributed by atoms with Crippen LogP contribution in [0.5, 0.6) is 5.75 Å².